The quantitative estimate of drug-likeness (QED) is 0.361. The highest BCUT2D eigenvalue weighted by Crippen LogP contribution is 2.61. The van der Waals surface area contributed by atoms with E-state index < -0.39 is 0 Å². The SMILES string of the molecule is CCCCC(C1CCCCC1)C(P)(PC1CCCCC1)C1CCCCC1. The Morgan fingerprint density at radius 2 is 1.35 bits per heavy atom. The maximum Gasteiger partial charge on any atom is 0.00824 e. The molecule has 3 aliphatic carbocycles. The van der Waals surface area contributed by atoms with Crippen molar-refractivity contribution in [2.45, 2.75) is 133 Å². The average molecular weight is 397 g/mol. The van der Waals surface area contributed by atoms with Crippen LogP contribution in [0.15, 0.2) is 0 Å². The van der Waals surface area contributed by atoms with E-state index in [2.05, 4.69) is 16.2 Å². The van der Waals surface area contributed by atoms with E-state index in [1.807, 2.05) is 0 Å². The fourth-order valence-corrected chi connectivity index (χ4v) is 10.5. The fraction of sp³-hybridized carbons (Fsp3) is 1.00. The lowest BCUT2D eigenvalue weighted by molar-refractivity contribution is 0.168. The molecule has 0 aliphatic heterocycles. The molecule has 0 bridgehead atoms. The second-order valence-electron chi connectivity index (χ2n) is 9.89. The van der Waals surface area contributed by atoms with E-state index in [0.29, 0.717) is 4.90 Å². The molecule has 0 heterocycles. The predicted molar refractivity (Wildman–Crippen MR) is 124 cm³/mol. The van der Waals surface area contributed by atoms with Crippen LogP contribution in [-0.2, 0) is 0 Å². The van der Waals surface area contributed by atoms with E-state index in [1.54, 1.807) is 38.5 Å². The van der Waals surface area contributed by atoms with Crippen molar-refractivity contribution in [3.63, 3.8) is 0 Å². The molecule has 3 saturated carbocycles. The van der Waals surface area contributed by atoms with Crippen molar-refractivity contribution in [2.75, 3.05) is 0 Å². The van der Waals surface area contributed by atoms with Crippen molar-refractivity contribution in [1.29, 1.82) is 0 Å². The van der Waals surface area contributed by atoms with Gasteiger partial charge in [-0.25, -0.2) is 0 Å². The first-order valence-electron chi connectivity index (χ1n) is 12.3. The highest BCUT2D eigenvalue weighted by atomic mass is 31.1. The van der Waals surface area contributed by atoms with Crippen molar-refractivity contribution in [1.82, 2.24) is 0 Å². The molecule has 26 heavy (non-hydrogen) atoms. The van der Waals surface area contributed by atoms with Gasteiger partial charge in [-0.3, -0.25) is 0 Å². The van der Waals surface area contributed by atoms with E-state index in [0.717, 1.165) is 23.4 Å². The van der Waals surface area contributed by atoms with E-state index in [4.69, 9.17) is 0 Å². The molecule has 3 rings (SSSR count). The van der Waals surface area contributed by atoms with E-state index >= 15 is 0 Å². The lowest BCUT2D eigenvalue weighted by Gasteiger charge is -2.51. The van der Waals surface area contributed by atoms with Crippen LogP contribution in [0.2, 0.25) is 0 Å². The minimum atomic E-state index is 0.597. The van der Waals surface area contributed by atoms with E-state index in [1.165, 1.54) is 85.6 Å². The van der Waals surface area contributed by atoms with Crippen LogP contribution >= 0.6 is 17.8 Å². The van der Waals surface area contributed by atoms with Crippen LogP contribution in [0, 0.1) is 17.8 Å². The summed E-state index contributed by atoms with van der Waals surface area (Å²) >= 11 is 0. The third kappa shape index (κ3) is 5.69. The van der Waals surface area contributed by atoms with Gasteiger partial charge in [0.25, 0.3) is 0 Å². The highest BCUT2D eigenvalue weighted by molar-refractivity contribution is 7.52. The normalized spacial score (nSPS) is 28.4. The zero-order valence-corrected chi connectivity index (χ0v) is 19.8. The fourth-order valence-electron chi connectivity index (χ4n) is 6.53. The van der Waals surface area contributed by atoms with Gasteiger partial charge in [0.05, 0.1) is 0 Å². The zero-order chi connectivity index (χ0) is 18.2. The van der Waals surface area contributed by atoms with E-state index in [-0.39, 0.29) is 0 Å². The summed E-state index contributed by atoms with van der Waals surface area (Å²) in [4.78, 5) is 0.597. The van der Waals surface area contributed by atoms with Crippen LogP contribution in [0.5, 0.6) is 0 Å². The first-order chi connectivity index (χ1) is 12.7. The van der Waals surface area contributed by atoms with Crippen molar-refractivity contribution >= 4 is 17.8 Å². The van der Waals surface area contributed by atoms with Crippen molar-refractivity contribution in [3.8, 4) is 0 Å². The summed E-state index contributed by atoms with van der Waals surface area (Å²) < 4.78 is 0. The van der Waals surface area contributed by atoms with Gasteiger partial charge in [0.15, 0.2) is 0 Å². The molecular formula is C24H46P2. The zero-order valence-electron chi connectivity index (χ0n) is 17.6. The smallest absolute Gasteiger partial charge is 0.00824 e. The first-order valence-corrected chi connectivity index (χ1v) is 14.0. The maximum absolute atomic E-state index is 3.63. The monoisotopic (exact) mass is 396 g/mol. The summed E-state index contributed by atoms with van der Waals surface area (Å²) in [5.74, 6) is 3.08. The molecule has 2 heteroatoms. The van der Waals surface area contributed by atoms with Crippen LogP contribution < -0.4 is 0 Å². The Kier molecular flexibility index (Phi) is 9.25. The molecular weight excluding hydrogens is 350 g/mol. The molecule has 0 N–H and O–H groups in total. The molecule has 0 nitrogen and oxygen atoms in total. The number of hydrogen-bond acceptors (Lipinski definition) is 0. The average Bonchev–Trinajstić information content (AvgIpc) is 2.70. The summed E-state index contributed by atoms with van der Waals surface area (Å²) in [7, 11) is 4.86. The van der Waals surface area contributed by atoms with Crippen LogP contribution in [0.1, 0.15) is 122 Å². The van der Waals surface area contributed by atoms with Crippen molar-refractivity contribution < 1.29 is 0 Å². The summed E-state index contributed by atoms with van der Waals surface area (Å²) in [6, 6.07) is 0. The third-order valence-electron chi connectivity index (χ3n) is 8.04. The number of hydrogen-bond donors (Lipinski definition) is 0. The lowest BCUT2D eigenvalue weighted by Crippen LogP contribution is -2.42. The van der Waals surface area contributed by atoms with Gasteiger partial charge in [-0.15, -0.1) is 17.8 Å². The Morgan fingerprint density at radius 1 is 0.808 bits per heavy atom. The molecule has 0 radical (unpaired) electrons. The summed E-state index contributed by atoms with van der Waals surface area (Å²) in [6.07, 6.45) is 27.3. The molecule has 4 atom stereocenters. The molecule has 0 amide bonds. The standard InChI is InChI=1S/C24H46P2/c1-2-3-19-23(20-13-7-4-8-14-20)24(25,21-15-9-5-10-16-21)26-22-17-11-6-12-18-22/h20-23,26H,2-19,25H2,1H3. The summed E-state index contributed by atoms with van der Waals surface area (Å²) in [5.41, 5.74) is 1.07. The van der Waals surface area contributed by atoms with Gasteiger partial charge in [0, 0.05) is 4.90 Å². The molecule has 0 aromatic carbocycles. The van der Waals surface area contributed by atoms with Gasteiger partial charge in [0.1, 0.15) is 0 Å². The topological polar surface area (TPSA) is 0 Å². The second-order valence-corrected chi connectivity index (χ2v) is 13.4. The second kappa shape index (κ2) is 11.1. The van der Waals surface area contributed by atoms with Gasteiger partial charge < -0.3 is 0 Å². The maximum atomic E-state index is 3.63. The van der Waals surface area contributed by atoms with Crippen molar-refractivity contribution in [2.24, 2.45) is 17.8 Å². The minimum Gasteiger partial charge on any atom is -0.126 e. The molecule has 0 saturated heterocycles. The Bertz CT molecular complexity index is 378. The molecule has 3 fully saturated rings. The Morgan fingerprint density at radius 3 is 1.92 bits per heavy atom. The summed E-state index contributed by atoms with van der Waals surface area (Å²) in [5, 5.41) is 0. The van der Waals surface area contributed by atoms with Crippen molar-refractivity contribution in [3.05, 3.63) is 0 Å². The number of rotatable bonds is 8. The van der Waals surface area contributed by atoms with Gasteiger partial charge >= 0.3 is 0 Å². The Labute approximate surface area is 168 Å². The molecule has 0 aromatic heterocycles. The van der Waals surface area contributed by atoms with Gasteiger partial charge in [-0.2, -0.15) is 0 Å². The molecule has 4 unspecified atom stereocenters. The first kappa shape index (κ1) is 21.6. The Hall–Kier alpha value is 0.860. The van der Waals surface area contributed by atoms with Crippen LogP contribution in [-0.4, -0.2) is 10.6 Å². The summed E-state index contributed by atoms with van der Waals surface area (Å²) in [6.45, 7) is 2.41. The third-order valence-corrected chi connectivity index (χ3v) is 11.7. The van der Waals surface area contributed by atoms with Gasteiger partial charge in [-0.05, 0) is 55.5 Å². The minimum absolute atomic E-state index is 0.597. The van der Waals surface area contributed by atoms with Crippen LogP contribution in [0.4, 0.5) is 0 Å². The molecule has 152 valence electrons. The number of unbranched alkanes of at least 4 members (excludes halogenated alkanes) is 1. The largest absolute Gasteiger partial charge is 0.126 e. The highest BCUT2D eigenvalue weighted by Gasteiger charge is 2.45. The molecule has 0 aromatic rings. The van der Waals surface area contributed by atoms with E-state index in [9.17, 15) is 0 Å². The van der Waals surface area contributed by atoms with Gasteiger partial charge in [-0.1, -0.05) is 90.4 Å². The van der Waals surface area contributed by atoms with Crippen LogP contribution in [0.3, 0.4) is 0 Å². The lowest BCUT2D eigenvalue weighted by atomic mass is 9.71. The predicted octanol–water partition coefficient (Wildman–Crippen LogP) is 8.54. The van der Waals surface area contributed by atoms with Crippen LogP contribution in [0.25, 0.3) is 0 Å². The Balaban J connectivity index is 1.80. The molecule has 3 aliphatic rings. The molecule has 0 spiro atoms. The van der Waals surface area contributed by atoms with Gasteiger partial charge in [0.2, 0.25) is 0 Å².